The lowest BCUT2D eigenvalue weighted by Crippen LogP contribution is -2.38. The summed E-state index contributed by atoms with van der Waals surface area (Å²) in [6, 6.07) is 9.11. The first-order valence-electron chi connectivity index (χ1n) is 7.66. The van der Waals surface area contributed by atoms with E-state index >= 15 is 0 Å². The average Bonchev–Trinajstić information content (AvgIpc) is 2.81. The molecule has 2 aromatic rings. The summed E-state index contributed by atoms with van der Waals surface area (Å²) in [6.45, 7) is 5.73. The smallest absolute Gasteiger partial charge is 0.256 e. The summed E-state index contributed by atoms with van der Waals surface area (Å²) in [5.74, 6) is 0.0606. The van der Waals surface area contributed by atoms with Gasteiger partial charge in [-0.15, -0.1) is 0 Å². The second kappa shape index (κ2) is 7.62. The maximum Gasteiger partial charge on any atom is 0.256 e. The SMILES string of the molecule is Cc1nn(-c2ccccc2)c(Cl)c1C(=O)NC(CO)CC(C)C. The molecule has 1 aromatic heterocycles. The van der Waals surface area contributed by atoms with E-state index < -0.39 is 0 Å². The molecule has 1 atom stereocenters. The molecule has 1 aromatic carbocycles. The van der Waals surface area contributed by atoms with Crippen LogP contribution in [0.4, 0.5) is 0 Å². The Bertz CT molecular complexity index is 668. The Hall–Kier alpha value is -1.85. The van der Waals surface area contributed by atoms with Gasteiger partial charge in [-0.2, -0.15) is 5.10 Å². The number of carbonyl (C=O) groups excluding carboxylic acids is 1. The van der Waals surface area contributed by atoms with Crippen LogP contribution < -0.4 is 5.32 Å². The number of rotatable bonds is 6. The third kappa shape index (κ3) is 4.12. The Morgan fingerprint density at radius 1 is 1.35 bits per heavy atom. The van der Waals surface area contributed by atoms with Crippen molar-refractivity contribution in [1.82, 2.24) is 15.1 Å². The van der Waals surface area contributed by atoms with E-state index in [2.05, 4.69) is 10.4 Å². The predicted molar refractivity (Wildman–Crippen MR) is 91.1 cm³/mol. The van der Waals surface area contributed by atoms with E-state index in [4.69, 9.17) is 11.6 Å². The Labute approximate surface area is 141 Å². The highest BCUT2D eigenvalue weighted by atomic mass is 35.5. The fourth-order valence-electron chi connectivity index (χ4n) is 2.50. The second-order valence-corrected chi connectivity index (χ2v) is 6.34. The number of amides is 1. The minimum Gasteiger partial charge on any atom is -0.394 e. The molecule has 0 spiro atoms. The van der Waals surface area contributed by atoms with E-state index in [9.17, 15) is 9.90 Å². The predicted octanol–water partition coefficient (Wildman–Crippen LogP) is 2.97. The minimum atomic E-state index is -0.311. The molecule has 1 amide bonds. The first-order valence-corrected chi connectivity index (χ1v) is 8.04. The van der Waals surface area contributed by atoms with E-state index in [0.29, 0.717) is 23.6 Å². The van der Waals surface area contributed by atoms with E-state index in [0.717, 1.165) is 5.69 Å². The van der Waals surface area contributed by atoms with Crippen LogP contribution in [0.15, 0.2) is 30.3 Å². The first kappa shape index (κ1) is 17.5. The quantitative estimate of drug-likeness (QED) is 0.852. The highest BCUT2D eigenvalue weighted by Gasteiger charge is 2.23. The molecule has 2 N–H and O–H groups in total. The molecule has 0 radical (unpaired) electrons. The van der Waals surface area contributed by atoms with Crippen LogP contribution in [-0.2, 0) is 0 Å². The van der Waals surface area contributed by atoms with Gasteiger partial charge in [-0.25, -0.2) is 4.68 Å². The molecule has 1 heterocycles. The largest absolute Gasteiger partial charge is 0.394 e. The normalized spacial score (nSPS) is 12.4. The lowest BCUT2D eigenvalue weighted by atomic mass is 10.0. The summed E-state index contributed by atoms with van der Waals surface area (Å²) >= 11 is 6.37. The summed E-state index contributed by atoms with van der Waals surface area (Å²) in [5.41, 5.74) is 1.69. The number of hydrogen-bond acceptors (Lipinski definition) is 3. The van der Waals surface area contributed by atoms with Gasteiger partial charge in [-0.3, -0.25) is 4.79 Å². The van der Waals surface area contributed by atoms with Gasteiger partial charge >= 0.3 is 0 Å². The molecule has 23 heavy (non-hydrogen) atoms. The molecule has 0 fully saturated rings. The number of aryl methyl sites for hydroxylation is 1. The lowest BCUT2D eigenvalue weighted by Gasteiger charge is -2.18. The van der Waals surface area contributed by atoms with E-state index in [1.807, 2.05) is 44.2 Å². The van der Waals surface area contributed by atoms with Gasteiger partial charge in [0.05, 0.1) is 29.6 Å². The molecular weight excluding hydrogens is 314 g/mol. The van der Waals surface area contributed by atoms with Gasteiger partial charge in [0.2, 0.25) is 0 Å². The first-order chi connectivity index (χ1) is 10.9. The number of para-hydroxylation sites is 1. The average molecular weight is 336 g/mol. The fourth-order valence-corrected chi connectivity index (χ4v) is 2.86. The van der Waals surface area contributed by atoms with Crippen LogP contribution in [0, 0.1) is 12.8 Å². The van der Waals surface area contributed by atoms with Crippen molar-refractivity contribution in [3.63, 3.8) is 0 Å². The van der Waals surface area contributed by atoms with Crippen LogP contribution in [0.5, 0.6) is 0 Å². The van der Waals surface area contributed by atoms with E-state index in [-0.39, 0.29) is 23.7 Å². The van der Waals surface area contributed by atoms with Gasteiger partial charge < -0.3 is 10.4 Å². The molecule has 6 heteroatoms. The Morgan fingerprint density at radius 2 is 2.00 bits per heavy atom. The number of carbonyl (C=O) groups is 1. The monoisotopic (exact) mass is 335 g/mol. The molecule has 124 valence electrons. The molecule has 0 saturated carbocycles. The minimum absolute atomic E-state index is 0.104. The number of halogens is 1. The summed E-state index contributed by atoms with van der Waals surface area (Å²) in [7, 11) is 0. The summed E-state index contributed by atoms with van der Waals surface area (Å²) < 4.78 is 1.54. The maximum absolute atomic E-state index is 12.5. The van der Waals surface area contributed by atoms with E-state index in [1.165, 1.54) is 0 Å². The molecule has 0 aliphatic rings. The van der Waals surface area contributed by atoms with Crippen molar-refractivity contribution in [2.75, 3.05) is 6.61 Å². The molecule has 5 nitrogen and oxygen atoms in total. The summed E-state index contributed by atoms with van der Waals surface area (Å²) in [5, 5.41) is 16.9. The van der Waals surface area contributed by atoms with Crippen LogP contribution >= 0.6 is 11.6 Å². The summed E-state index contributed by atoms with van der Waals surface area (Å²) in [4.78, 5) is 12.5. The lowest BCUT2D eigenvalue weighted by molar-refractivity contribution is 0.0908. The molecule has 1 unspecified atom stereocenters. The number of aromatic nitrogens is 2. The van der Waals surface area contributed by atoms with Crippen LogP contribution in [-0.4, -0.2) is 33.4 Å². The van der Waals surface area contributed by atoms with Crippen LogP contribution in [0.1, 0.15) is 36.3 Å². The number of hydrogen-bond donors (Lipinski definition) is 2. The third-order valence-electron chi connectivity index (χ3n) is 3.54. The second-order valence-electron chi connectivity index (χ2n) is 5.98. The van der Waals surface area contributed by atoms with Gasteiger partial charge in [0.25, 0.3) is 5.91 Å². The van der Waals surface area contributed by atoms with Crippen molar-refractivity contribution in [3.05, 3.63) is 46.7 Å². The molecule has 0 aliphatic heterocycles. The van der Waals surface area contributed by atoms with Crippen molar-refractivity contribution in [2.45, 2.75) is 33.2 Å². The van der Waals surface area contributed by atoms with Crippen LogP contribution in [0.3, 0.4) is 0 Å². The molecular formula is C17H22ClN3O2. The zero-order chi connectivity index (χ0) is 17.0. The van der Waals surface area contributed by atoms with E-state index in [1.54, 1.807) is 11.6 Å². The number of aliphatic hydroxyl groups is 1. The van der Waals surface area contributed by atoms with Crippen LogP contribution in [0.25, 0.3) is 5.69 Å². The number of aliphatic hydroxyl groups excluding tert-OH is 1. The highest BCUT2D eigenvalue weighted by Crippen LogP contribution is 2.23. The van der Waals surface area contributed by atoms with Gasteiger partial charge in [-0.1, -0.05) is 43.6 Å². The molecule has 2 rings (SSSR count). The van der Waals surface area contributed by atoms with Crippen molar-refractivity contribution in [3.8, 4) is 5.69 Å². The van der Waals surface area contributed by atoms with Crippen molar-refractivity contribution < 1.29 is 9.90 Å². The van der Waals surface area contributed by atoms with Crippen molar-refractivity contribution >= 4 is 17.5 Å². The topological polar surface area (TPSA) is 67.2 Å². The Morgan fingerprint density at radius 3 is 2.57 bits per heavy atom. The van der Waals surface area contributed by atoms with Crippen molar-refractivity contribution in [1.29, 1.82) is 0 Å². The number of benzene rings is 1. The fraction of sp³-hybridized carbons (Fsp3) is 0.412. The molecule has 0 aliphatic carbocycles. The standard InChI is InChI=1S/C17H22ClN3O2/c1-11(2)9-13(10-22)19-17(23)15-12(3)20-21(16(15)18)14-7-5-4-6-8-14/h4-8,11,13,22H,9-10H2,1-3H3,(H,19,23). The van der Waals surface area contributed by atoms with Gasteiger partial charge in [0.15, 0.2) is 0 Å². The third-order valence-corrected chi connectivity index (χ3v) is 3.89. The Kier molecular flexibility index (Phi) is 5.80. The summed E-state index contributed by atoms with van der Waals surface area (Å²) in [6.07, 6.45) is 0.700. The van der Waals surface area contributed by atoms with Gasteiger partial charge in [-0.05, 0) is 31.4 Å². The number of nitrogens with one attached hydrogen (secondary N) is 1. The Balaban J connectivity index is 2.26. The number of nitrogens with zero attached hydrogens (tertiary/aromatic N) is 2. The zero-order valence-electron chi connectivity index (χ0n) is 13.6. The highest BCUT2D eigenvalue weighted by molar-refractivity contribution is 6.33. The van der Waals surface area contributed by atoms with Crippen molar-refractivity contribution in [2.24, 2.45) is 5.92 Å². The van der Waals surface area contributed by atoms with Gasteiger partial charge in [0, 0.05) is 0 Å². The zero-order valence-corrected chi connectivity index (χ0v) is 14.3. The van der Waals surface area contributed by atoms with Gasteiger partial charge in [0.1, 0.15) is 5.15 Å². The maximum atomic E-state index is 12.5. The molecule has 0 saturated heterocycles. The molecule has 0 bridgehead atoms. The van der Waals surface area contributed by atoms with Crippen LogP contribution in [0.2, 0.25) is 5.15 Å².